The molecule has 6 rings (SSSR count). The average Bonchev–Trinajstić information content (AvgIpc) is 3.33. The summed E-state index contributed by atoms with van der Waals surface area (Å²) in [5.41, 5.74) is 9.03. The Balaban J connectivity index is 1.32. The van der Waals surface area contributed by atoms with Gasteiger partial charge in [0.1, 0.15) is 5.75 Å². The van der Waals surface area contributed by atoms with E-state index in [2.05, 4.69) is 76.7 Å². The second-order valence-electron chi connectivity index (χ2n) is 10.1. The second-order valence-corrected chi connectivity index (χ2v) is 10.1. The van der Waals surface area contributed by atoms with Crippen molar-refractivity contribution in [3.8, 4) is 17.2 Å². The maximum Gasteiger partial charge on any atom is 0.161 e. The molecule has 6 nitrogen and oxygen atoms in total. The summed E-state index contributed by atoms with van der Waals surface area (Å²) in [6.45, 7) is 5.04. The number of aromatic nitrogens is 1. The zero-order valence-electron chi connectivity index (χ0n) is 22.1. The highest BCUT2D eigenvalue weighted by atomic mass is 16.5. The molecule has 2 N–H and O–H groups in total. The number of methoxy groups -OCH3 is 3. The van der Waals surface area contributed by atoms with Crippen molar-refractivity contribution in [3.05, 3.63) is 88.1 Å². The summed E-state index contributed by atoms with van der Waals surface area (Å²) in [7, 11) is 5.16. The van der Waals surface area contributed by atoms with Crippen LogP contribution < -0.4 is 19.5 Å². The van der Waals surface area contributed by atoms with Crippen LogP contribution >= 0.6 is 0 Å². The van der Waals surface area contributed by atoms with E-state index in [1.165, 1.54) is 44.4 Å². The van der Waals surface area contributed by atoms with Crippen molar-refractivity contribution in [1.29, 1.82) is 0 Å². The number of nitrogens with zero attached hydrogens (tertiary/aromatic N) is 1. The highest BCUT2D eigenvalue weighted by Gasteiger charge is 2.29. The molecule has 0 radical (unpaired) electrons. The molecule has 37 heavy (non-hydrogen) atoms. The molecule has 2 atom stereocenters. The van der Waals surface area contributed by atoms with Crippen molar-refractivity contribution in [2.75, 3.05) is 34.4 Å². The molecule has 0 bridgehead atoms. The van der Waals surface area contributed by atoms with Crippen LogP contribution in [-0.2, 0) is 19.4 Å². The van der Waals surface area contributed by atoms with E-state index in [9.17, 15) is 0 Å². The van der Waals surface area contributed by atoms with E-state index < -0.39 is 0 Å². The SMILES string of the molecule is COc1ccc([C@@H]2NCCc3c2[nH]c2ccccc32)cc1CN1CCc2cc(OC)c(OC)cc2[C@H]1C. The van der Waals surface area contributed by atoms with E-state index >= 15 is 0 Å². The van der Waals surface area contributed by atoms with Crippen molar-refractivity contribution in [3.63, 3.8) is 0 Å². The lowest BCUT2D eigenvalue weighted by molar-refractivity contribution is 0.186. The highest BCUT2D eigenvalue weighted by Crippen LogP contribution is 2.40. The molecule has 192 valence electrons. The first-order chi connectivity index (χ1) is 18.1. The normalized spacial score (nSPS) is 19.4. The number of fused-ring (bicyclic) bond motifs is 4. The van der Waals surface area contributed by atoms with E-state index in [1.807, 2.05) is 0 Å². The highest BCUT2D eigenvalue weighted by molar-refractivity contribution is 5.85. The summed E-state index contributed by atoms with van der Waals surface area (Å²) in [5.74, 6) is 2.52. The Kier molecular flexibility index (Phi) is 6.31. The van der Waals surface area contributed by atoms with Gasteiger partial charge < -0.3 is 24.5 Å². The van der Waals surface area contributed by atoms with Gasteiger partial charge in [0, 0.05) is 47.8 Å². The minimum atomic E-state index is 0.136. The predicted molar refractivity (Wildman–Crippen MR) is 147 cm³/mol. The summed E-state index contributed by atoms with van der Waals surface area (Å²) in [6, 6.07) is 19.9. The summed E-state index contributed by atoms with van der Waals surface area (Å²) in [5, 5.41) is 5.09. The molecule has 2 aliphatic rings. The molecular formula is C31H35N3O3. The lowest BCUT2D eigenvalue weighted by Crippen LogP contribution is -2.34. The molecule has 0 fully saturated rings. The Morgan fingerprint density at radius 2 is 1.68 bits per heavy atom. The minimum absolute atomic E-state index is 0.136. The molecular weight excluding hydrogens is 462 g/mol. The topological polar surface area (TPSA) is 58.8 Å². The minimum Gasteiger partial charge on any atom is -0.496 e. The number of hydrogen-bond donors (Lipinski definition) is 2. The van der Waals surface area contributed by atoms with E-state index in [0.717, 1.165) is 49.7 Å². The van der Waals surface area contributed by atoms with Gasteiger partial charge in [-0.15, -0.1) is 0 Å². The number of aromatic amines is 1. The quantitative estimate of drug-likeness (QED) is 0.366. The van der Waals surface area contributed by atoms with Crippen LogP contribution in [0.5, 0.6) is 17.2 Å². The van der Waals surface area contributed by atoms with E-state index in [-0.39, 0.29) is 12.1 Å². The fraction of sp³-hybridized carbons (Fsp3) is 0.355. The number of ether oxygens (including phenoxy) is 3. The van der Waals surface area contributed by atoms with Gasteiger partial charge in [0.05, 0.1) is 27.4 Å². The monoisotopic (exact) mass is 497 g/mol. The number of benzene rings is 3. The second kappa shape index (κ2) is 9.77. The third-order valence-electron chi connectivity index (χ3n) is 8.18. The van der Waals surface area contributed by atoms with Crippen LogP contribution in [0.25, 0.3) is 10.9 Å². The van der Waals surface area contributed by atoms with Crippen LogP contribution in [0.4, 0.5) is 0 Å². The van der Waals surface area contributed by atoms with Gasteiger partial charge in [0.15, 0.2) is 11.5 Å². The molecule has 4 aromatic rings. The average molecular weight is 498 g/mol. The van der Waals surface area contributed by atoms with E-state index in [4.69, 9.17) is 14.2 Å². The lowest BCUT2D eigenvalue weighted by atomic mass is 9.91. The van der Waals surface area contributed by atoms with Gasteiger partial charge in [0.2, 0.25) is 0 Å². The Morgan fingerprint density at radius 1 is 0.892 bits per heavy atom. The fourth-order valence-electron chi connectivity index (χ4n) is 6.20. The van der Waals surface area contributed by atoms with Crippen molar-refractivity contribution >= 4 is 10.9 Å². The molecule has 6 heteroatoms. The first kappa shape index (κ1) is 23.9. The largest absolute Gasteiger partial charge is 0.496 e. The first-order valence-electron chi connectivity index (χ1n) is 13.1. The number of para-hydroxylation sites is 1. The Labute approximate surface area is 218 Å². The van der Waals surface area contributed by atoms with Crippen LogP contribution in [-0.4, -0.2) is 44.3 Å². The molecule has 0 spiro atoms. The van der Waals surface area contributed by atoms with Crippen LogP contribution in [0.15, 0.2) is 54.6 Å². The molecule has 1 aromatic heterocycles. The molecule has 0 saturated heterocycles. The summed E-state index contributed by atoms with van der Waals surface area (Å²) in [4.78, 5) is 6.23. The van der Waals surface area contributed by atoms with Gasteiger partial charge in [-0.25, -0.2) is 0 Å². The standard InChI is InChI=1S/C31H35N3O3/c1-19-25-17-29(37-4)28(36-3)16-20(25)12-14-34(19)18-22-15-21(9-10-27(22)35-2)30-31-24(11-13-32-30)23-7-5-6-8-26(23)33-31/h5-10,15-17,19,30,32-33H,11-14,18H2,1-4H3/t19-,30+/m1/s1. The van der Waals surface area contributed by atoms with E-state index in [1.54, 1.807) is 21.3 Å². The number of nitrogens with one attached hydrogen (secondary N) is 2. The molecule has 0 aliphatic carbocycles. The number of hydrogen-bond acceptors (Lipinski definition) is 5. The molecule has 0 unspecified atom stereocenters. The van der Waals surface area contributed by atoms with Crippen molar-refractivity contribution in [2.24, 2.45) is 0 Å². The third kappa shape index (κ3) is 4.14. The maximum absolute atomic E-state index is 5.83. The van der Waals surface area contributed by atoms with Gasteiger partial charge in [-0.1, -0.05) is 24.3 Å². The van der Waals surface area contributed by atoms with Crippen molar-refractivity contribution in [1.82, 2.24) is 15.2 Å². The lowest BCUT2D eigenvalue weighted by Gasteiger charge is -2.36. The summed E-state index contributed by atoms with van der Waals surface area (Å²) < 4.78 is 17.0. The zero-order chi connectivity index (χ0) is 25.5. The fourth-order valence-corrected chi connectivity index (χ4v) is 6.20. The Hall–Kier alpha value is -3.48. The van der Waals surface area contributed by atoms with Crippen molar-refractivity contribution in [2.45, 2.75) is 38.4 Å². The van der Waals surface area contributed by atoms with Crippen molar-refractivity contribution < 1.29 is 14.2 Å². The van der Waals surface area contributed by atoms with Crippen LogP contribution in [0.1, 0.15) is 52.5 Å². The summed E-state index contributed by atoms with van der Waals surface area (Å²) >= 11 is 0. The van der Waals surface area contributed by atoms with Gasteiger partial charge >= 0.3 is 0 Å². The van der Waals surface area contributed by atoms with Crippen LogP contribution in [0.3, 0.4) is 0 Å². The molecule has 3 aromatic carbocycles. The predicted octanol–water partition coefficient (Wildman–Crippen LogP) is 5.55. The van der Waals surface area contributed by atoms with Crippen LogP contribution in [0, 0.1) is 0 Å². The Morgan fingerprint density at radius 3 is 2.49 bits per heavy atom. The molecule has 2 aliphatic heterocycles. The van der Waals surface area contributed by atoms with E-state index in [0.29, 0.717) is 0 Å². The number of H-pyrrole nitrogens is 1. The van der Waals surface area contributed by atoms with Gasteiger partial charge in [-0.2, -0.15) is 0 Å². The Bertz CT molecular complexity index is 1440. The smallest absolute Gasteiger partial charge is 0.161 e. The zero-order valence-corrected chi connectivity index (χ0v) is 22.1. The van der Waals surface area contributed by atoms with Gasteiger partial charge in [-0.3, -0.25) is 4.90 Å². The molecule has 0 amide bonds. The number of rotatable bonds is 6. The van der Waals surface area contributed by atoms with Gasteiger partial charge in [0.25, 0.3) is 0 Å². The first-order valence-corrected chi connectivity index (χ1v) is 13.1. The van der Waals surface area contributed by atoms with Gasteiger partial charge in [-0.05, 0) is 72.4 Å². The van der Waals surface area contributed by atoms with Crippen LogP contribution in [0.2, 0.25) is 0 Å². The maximum atomic E-state index is 5.83. The third-order valence-corrected chi connectivity index (χ3v) is 8.18. The molecule has 0 saturated carbocycles. The summed E-state index contributed by atoms with van der Waals surface area (Å²) in [6.07, 6.45) is 2.02. The molecule has 3 heterocycles.